The van der Waals surface area contributed by atoms with Gasteiger partial charge in [0.15, 0.2) is 0 Å². The Morgan fingerprint density at radius 3 is 2.56 bits per heavy atom. The van der Waals surface area contributed by atoms with E-state index < -0.39 is 5.60 Å². The minimum absolute atomic E-state index is 0.101. The molecule has 2 aliphatic heterocycles. The molecule has 0 N–H and O–H groups in total. The molecule has 0 aliphatic carbocycles. The summed E-state index contributed by atoms with van der Waals surface area (Å²) in [5.41, 5.74) is 1.33. The first-order valence-corrected chi connectivity index (χ1v) is 10.2. The molecule has 2 aliphatic rings. The number of piperazine rings is 1. The summed E-state index contributed by atoms with van der Waals surface area (Å²) in [4.78, 5) is 16.4. The van der Waals surface area contributed by atoms with Gasteiger partial charge in [-0.2, -0.15) is 0 Å². The molecule has 1 aromatic rings. The summed E-state index contributed by atoms with van der Waals surface area (Å²) in [5, 5.41) is 1.23. The van der Waals surface area contributed by atoms with Gasteiger partial charge in [0.05, 0.1) is 11.1 Å². The third-order valence-corrected chi connectivity index (χ3v) is 5.38. The Labute approximate surface area is 172 Å². The molecule has 7 heteroatoms. The molecule has 0 aromatic heterocycles. The van der Waals surface area contributed by atoms with E-state index >= 15 is 0 Å². The monoisotopic (exact) mass is 416 g/mol. The molecule has 1 aromatic carbocycles. The summed E-state index contributed by atoms with van der Waals surface area (Å²) >= 11 is 12.7. The van der Waals surface area contributed by atoms with Gasteiger partial charge in [-0.3, -0.25) is 4.90 Å². The fourth-order valence-electron chi connectivity index (χ4n) is 3.17. The third-order valence-electron chi connectivity index (χ3n) is 4.53. The Kier molecular flexibility index (Phi) is 7.28. The zero-order valence-electron chi connectivity index (χ0n) is 17.1. The fourth-order valence-corrected chi connectivity index (χ4v) is 3.72. The standard InChI is InChI=1S/C18H24Cl2N2O3.C2H6/c1-11-14(19)7-12-8-21-5-6-22(17(23)25-18(2,3)4)9-13(21)10-24-16(12)15(11)20;1-2/h7,13H,5-6,8-10H2,1-4H3;1-2H3. The molecule has 152 valence electrons. The summed E-state index contributed by atoms with van der Waals surface area (Å²) in [7, 11) is 0. The van der Waals surface area contributed by atoms with E-state index in [2.05, 4.69) is 4.90 Å². The van der Waals surface area contributed by atoms with Crippen molar-refractivity contribution < 1.29 is 14.3 Å². The van der Waals surface area contributed by atoms with Crippen molar-refractivity contribution >= 4 is 29.3 Å². The topological polar surface area (TPSA) is 42.0 Å². The van der Waals surface area contributed by atoms with Crippen molar-refractivity contribution in [2.75, 3.05) is 26.2 Å². The van der Waals surface area contributed by atoms with E-state index in [-0.39, 0.29) is 12.1 Å². The maximum Gasteiger partial charge on any atom is 0.410 e. The molecule has 1 amide bonds. The van der Waals surface area contributed by atoms with Crippen molar-refractivity contribution in [2.24, 2.45) is 0 Å². The van der Waals surface area contributed by atoms with Crippen LogP contribution in [0.3, 0.4) is 0 Å². The van der Waals surface area contributed by atoms with Crippen LogP contribution in [-0.4, -0.2) is 53.8 Å². The molecule has 0 spiro atoms. The number of amides is 1. The molecule has 27 heavy (non-hydrogen) atoms. The Morgan fingerprint density at radius 1 is 1.26 bits per heavy atom. The van der Waals surface area contributed by atoms with Crippen LogP contribution < -0.4 is 4.74 Å². The molecule has 2 heterocycles. The van der Waals surface area contributed by atoms with E-state index in [9.17, 15) is 4.79 Å². The van der Waals surface area contributed by atoms with Crippen LogP contribution in [0.4, 0.5) is 4.79 Å². The fraction of sp³-hybridized carbons (Fsp3) is 0.650. The molecule has 1 fully saturated rings. The molecule has 1 atom stereocenters. The molecule has 5 nitrogen and oxygen atoms in total. The molecule has 0 radical (unpaired) electrons. The summed E-state index contributed by atoms with van der Waals surface area (Å²) in [6.07, 6.45) is -0.272. The number of hydrogen-bond donors (Lipinski definition) is 0. The van der Waals surface area contributed by atoms with Crippen LogP contribution in [0.25, 0.3) is 0 Å². The van der Waals surface area contributed by atoms with Crippen LogP contribution in [0.2, 0.25) is 10.0 Å². The predicted molar refractivity (Wildman–Crippen MR) is 110 cm³/mol. The van der Waals surface area contributed by atoms with Gasteiger partial charge >= 0.3 is 6.09 Å². The number of fused-ring (bicyclic) bond motifs is 2. The predicted octanol–water partition coefficient (Wildman–Crippen LogP) is 5.14. The maximum atomic E-state index is 12.3. The van der Waals surface area contributed by atoms with Crippen LogP contribution >= 0.6 is 23.2 Å². The lowest BCUT2D eigenvalue weighted by Crippen LogP contribution is -2.56. The molecule has 0 bridgehead atoms. The number of nitrogens with zero attached hydrogens (tertiary/aromatic N) is 2. The smallest absolute Gasteiger partial charge is 0.410 e. The molecule has 1 unspecified atom stereocenters. The summed E-state index contributed by atoms with van der Waals surface area (Å²) in [6, 6.07) is 2.03. The third kappa shape index (κ3) is 5.21. The van der Waals surface area contributed by atoms with Gasteiger partial charge in [-0.15, -0.1) is 0 Å². The number of ether oxygens (including phenoxy) is 2. The zero-order valence-corrected chi connectivity index (χ0v) is 18.6. The van der Waals surface area contributed by atoms with E-state index in [1.54, 1.807) is 4.90 Å². The highest BCUT2D eigenvalue weighted by molar-refractivity contribution is 6.37. The SMILES string of the molecule is CC.Cc1c(Cl)cc2c(c1Cl)OCC1CN(C(=O)OC(C)(C)C)CCN1C2. The second kappa shape index (κ2) is 8.89. The van der Waals surface area contributed by atoms with Crippen molar-refractivity contribution in [1.82, 2.24) is 9.80 Å². The largest absolute Gasteiger partial charge is 0.490 e. The number of halogens is 2. The van der Waals surface area contributed by atoms with Gasteiger partial charge in [0.25, 0.3) is 0 Å². The zero-order chi connectivity index (χ0) is 20.4. The molecule has 1 saturated heterocycles. The minimum atomic E-state index is -0.494. The Morgan fingerprint density at radius 2 is 1.93 bits per heavy atom. The van der Waals surface area contributed by atoms with Crippen LogP contribution in [0.5, 0.6) is 5.75 Å². The number of hydrogen-bond acceptors (Lipinski definition) is 4. The van der Waals surface area contributed by atoms with Crippen LogP contribution in [0, 0.1) is 6.92 Å². The molecular weight excluding hydrogens is 387 g/mol. The quantitative estimate of drug-likeness (QED) is 0.586. The summed E-state index contributed by atoms with van der Waals surface area (Å²) in [6.45, 7) is 14.7. The van der Waals surface area contributed by atoms with Gasteiger partial charge in [-0.1, -0.05) is 37.0 Å². The van der Waals surface area contributed by atoms with Gasteiger partial charge < -0.3 is 14.4 Å². The Balaban J connectivity index is 0.00000126. The van der Waals surface area contributed by atoms with Crippen molar-refractivity contribution in [3.8, 4) is 5.75 Å². The lowest BCUT2D eigenvalue weighted by molar-refractivity contribution is -0.00154. The average Bonchev–Trinajstić information content (AvgIpc) is 2.78. The summed E-state index contributed by atoms with van der Waals surface area (Å²) < 4.78 is 11.5. The molecule has 3 rings (SSSR count). The van der Waals surface area contributed by atoms with Gasteiger partial charge in [-0.25, -0.2) is 4.79 Å². The highest BCUT2D eigenvalue weighted by Gasteiger charge is 2.35. The van der Waals surface area contributed by atoms with E-state index in [0.29, 0.717) is 42.0 Å². The second-order valence-electron chi connectivity index (χ2n) is 7.65. The normalized spacial score (nSPS) is 19.7. The average molecular weight is 417 g/mol. The van der Waals surface area contributed by atoms with Crippen molar-refractivity contribution in [3.63, 3.8) is 0 Å². The lowest BCUT2D eigenvalue weighted by Gasteiger charge is -2.40. The highest BCUT2D eigenvalue weighted by Crippen LogP contribution is 2.39. The molecular formula is C20H30Cl2N2O3. The van der Waals surface area contributed by atoms with Gasteiger partial charge in [0.1, 0.15) is 18.0 Å². The van der Waals surface area contributed by atoms with Crippen LogP contribution in [0.1, 0.15) is 45.7 Å². The summed E-state index contributed by atoms with van der Waals surface area (Å²) in [5.74, 6) is 0.710. The van der Waals surface area contributed by atoms with E-state index in [4.69, 9.17) is 32.7 Å². The Bertz CT molecular complexity index is 689. The van der Waals surface area contributed by atoms with E-state index in [1.807, 2.05) is 47.6 Å². The first-order valence-electron chi connectivity index (χ1n) is 9.48. The first kappa shape index (κ1) is 22.1. The number of rotatable bonds is 0. The first-order chi connectivity index (χ1) is 12.7. The van der Waals surface area contributed by atoms with Crippen LogP contribution in [-0.2, 0) is 11.3 Å². The van der Waals surface area contributed by atoms with Crippen molar-refractivity contribution in [2.45, 2.75) is 59.7 Å². The minimum Gasteiger partial charge on any atom is -0.490 e. The second-order valence-corrected chi connectivity index (χ2v) is 8.43. The van der Waals surface area contributed by atoms with E-state index in [0.717, 1.165) is 17.7 Å². The number of benzene rings is 1. The maximum absolute atomic E-state index is 12.3. The van der Waals surface area contributed by atoms with Crippen molar-refractivity contribution in [1.29, 1.82) is 0 Å². The van der Waals surface area contributed by atoms with Gasteiger partial charge in [0.2, 0.25) is 0 Å². The van der Waals surface area contributed by atoms with E-state index in [1.165, 1.54) is 0 Å². The van der Waals surface area contributed by atoms with Gasteiger partial charge in [-0.05, 0) is 39.3 Å². The molecule has 0 saturated carbocycles. The lowest BCUT2D eigenvalue weighted by atomic mass is 10.1. The van der Waals surface area contributed by atoms with Crippen LogP contribution in [0.15, 0.2) is 6.07 Å². The number of carbonyl (C=O) groups is 1. The number of carbonyl (C=O) groups excluding carboxylic acids is 1. The Hall–Kier alpha value is -1.17. The van der Waals surface area contributed by atoms with Crippen molar-refractivity contribution in [3.05, 3.63) is 27.2 Å². The highest BCUT2D eigenvalue weighted by atomic mass is 35.5. The van der Waals surface area contributed by atoms with Gasteiger partial charge in [0, 0.05) is 36.8 Å².